The van der Waals surface area contributed by atoms with Crippen molar-refractivity contribution < 1.29 is 9.90 Å². The van der Waals surface area contributed by atoms with Gasteiger partial charge in [0, 0.05) is 18.0 Å². The van der Waals surface area contributed by atoms with Gasteiger partial charge in [-0.3, -0.25) is 4.79 Å². The zero-order valence-electron chi connectivity index (χ0n) is 11.3. The number of hydrogen-bond donors (Lipinski definition) is 2. The Morgan fingerprint density at radius 2 is 2.06 bits per heavy atom. The highest BCUT2D eigenvalue weighted by Gasteiger charge is 2.15. The summed E-state index contributed by atoms with van der Waals surface area (Å²) in [4.78, 5) is 12.0. The first-order valence-electron chi connectivity index (χ1n) is 6.73. The quantitative estimate of drug-likeness (QED) is 0.779. The van der Waals surface area contributed by atoms with E-state index in [0.29, 0.717) is 6.54 Å². The highest BCUT2D eigenvalue weighted by atomic mass is 16.3. The Morgan fingerprint density at radius 1 is 1.33 bits per heavy atom. The predicted octanol–water partition coefficient (Wildman–Crippen LogP) is 3.22. The predicted molar refractivity (Wildman–Crippen MR) is 73.3 cm³/mol. The Kier molecular flexibility index (Phi) is 6.26. The van der Waals surface area contributed by atoms with E-state index in [1.807, 2.05) is 19.1 Å². The van der Waals surface area contributed by atoms with Crippen molar-refractivity contribution in [2.24, 2.45) is 5.92 Å². The molecular weight excluding hydrogens is 226 g/mol. The molecule has 0 aliphatic heterocycles. The molecule has 2 N–H and O–H groups in total. The summed E-state index contributed by atoms with van der Waals surface area (Å²) in [6, 6.07) is 7.09. The topological polar surface area (TPSA) is 49.3 Å². The van der Waals surface area contributed by atoms with E-state index < -0.39 is 0 Å². The number of phenolic OH excluding ortho intramolecular Hbond substituents is 1. The molecule has 0 radical (unpaired) electrons. The van der Waals surface area contributed by atoms with Crippen molar-refractivity contribution in [3.8, 4) is 5.75 Å². The minimum Gasteiger partial charge on any atom is -0.508 e. The number of carbonyl (C=O) groups is 1. The van der Waals surface area contributed by atoms with Crippen LogP contribution in [-0.2, 0) is 11.3 Å². The molecule has 0 aliphatic rings. The minimum atomic E-state index is 0.0919. The second kappa shape index (κ2) is 7.75. The Morgan fingerprint density at radius 3 is 2.67 bits per heavy atom. The summed E-state index contributed by atoms with van der Waals surface area (Å²) < 4.78 is 0. The lowest BCUT2D eigenvalue weighted by Crippen LogP contribution is -2.30. The van der Waals surface area contributed by atoms with Crippen molar-refractivity contribution in [3.05, 3.63) is 29.8 Å². The standard InChI is InChI=1S/C15H23NO2/c1-3-5-8-12(4-2)15(18)16-11-13-9-6-7-10-14(13)17/h6-7,9-10,12,17H,3-5,8,11H2,1-2H3,(H,16,18). The number of unbranched alkanes of at least 4 members (excludes halogenated alkanes) is 1. The van der Waals surface area contributed by atoms with Gasteiger partial charge in [0.25, 0.3) is 0 Å². The van der Waals surface area contributed by atoms with Gasteiger partial charge in [-0.25, -0.2) is 0 Å². The van der Waals surface area contributed by atoms with Gasteiger partial charge >= 0.3 is 0 Å². The maximum atomic E-state index is 12.0. The Balaban J connectivity index is 2.47. The Labute approximate surface area is 109 Å². The molecule has 0 saturated heterocycles. The molecule has 0 aromatic heterocycles. The number of nitrogens with one attached hydrogen (secondary N) is 1. The highest BCUT2D eigenvalue weighted by molar-refractivity contribution is 5.78. The lowest BCUT2D eigenvalue weighted by atomic mass is 9.98. The second-order valence-corrected chi connectivity index (χ2v) is 4.59. The summed E-state index contributed by atoms with van der Waals surface area (Å²) in [5.41, 5.74) is 0.760. The summed E-state index contributed by atoms with van der Waals surface area (Å²) in [5, 5.41) is 12.5. The first-order valence-corrected chi connectivity index (χ1v) is 6.73. The summed E-state index contributed by atoms with van der Waals surface area (Å²) in [6.07, 6.45) is 4.01. The second-order valence-electron chi connectivity index (χ2n) is 4.59. The van der Waals surface area contributed by atoms with Crippen LogP contribution >= 0.6 is 0 Å². The van der Waals surface area contributed by atoms with Crippen LogP contribution in [0.25, 0.3) is 0 Å². The molecule has 0 saturated carbocycles. The first-order chi connectivity index (χ1) is 8.69. The molecule has 1 rings (SSSR count). The van der Waals surface area contributed by atoms with Gasteiger partial charge < -0.3 is 10.4 Å². The molecule has 0 heterocycles. The lowest BCUT2D eigenvalue weighted by molar-refractivity contribution is -0.125. The average molecular weight is 249 g/mol. The van der Waals surface area contributed by atoms with E-state index in [2.05, 4.69) is 12.2 Å². The average Bonchev–Trinajstić information content (AvgIpc) is 2.38. The van der Waals surface area contributed by atoms with Gasteiger partial charge in [0.05, 0.1) is 0 Å². The highest BCUT2D eigenvalue weighted by Crippen LogP contribution is 2.16. The van der Waals surface area contributed by atoms with Crippen LogP contribution in [0.4, 0.5) is 0 Å². The summed E-state index contributed by atoms with van der Waals surface area (Å²) >= 11 is 0. The molecule has 18 heavy (non-hydrogen) atoms. The van der Waals surface area contributed by atoms with E-state index in [1.165, 1.54) is 0 Å². The molecule has 1 atom stereocenters. The van der Waals surface area contributed by atoms with Crippen molar-refractivity contribution in [1.29, 1.82) is 0 Å². The Hall–Kier alpha value is -1.51. The van der Waals surface area contributed by atoms with Gasteiger partial charge in [0.15, 0.2) is 0 Å². The van der Waals surface area contributed by atoms with E-state index in [4.69, 9.17) is 0 Å². The molecule has 0 spiro atoms. The summed E-state index contributed by atoms with van der Waals surface area (Å²) in [5.74, 6) is 0.421. The van der Waals surface area contributed by atoms with E-state index in [1.54, 1.807) is 12.1 Å². The summed E-state index contributed by atoms with van der Waals surface area (Å²) in [6.45, 7) is 4.57. The van der Waals surface area contributed by atoms with Crippen LogP contribution in [0.2, 0.25) is 0 Å². The van der Waals surface area contributed by atoms with Gasteiger partial charge in [-0.05, 0) is 18.9 Å². The molecule has 3 heteroatoms. The molecule has 1 unspecified atom stereocenters. The van der Waals surface area contributed by atoms with Crippen molar-refractivity contribution in [2.75, 3.05) is 0 Å². The zero-order chi connectivity index (χ0) is 13.4. The van der Waals surface area contributed by atoms with Crippen molar-refractivity contribution >= 4 is 5.91 Å². The van der Waals surface area contributed by atoms with E-state index in [9.17, 15) is 9.90 Å². The molecule has 3 nitrogen and oxygen atoms in total. The van der Waals surface area contributed by atoms with E-state index in [0.717, 1.165) is 31.2 Å². The summed E-state index contributed by atoms with van der Waals surface area (Å²) in [7, 11) is 0. The molecule has 0 bridgehead atoms. The maximum absolute atomic E-state index is 12.0. The van der Waals surface area contributed by atoms with Crippen molar-refractivity contribution in [1.82, 2.24) is 5.32 Å². The fourth-order valence-electron chi connectivity index (χ4n) is 1.96. The van der Waals surface area contributed by atoms with Crippen LogP contribution in [-0.4, -0.2) is 11.0 Å². The fraction of sp³-hybridized carbons (Fsp3) is 0.533. The first kappa shape index (κ1) is 14.6. The van der Waals surface area contributed by atoms with E-state index in [-0.39, 0.29) is 17.6 Å². The van der Waals surface area contributed by atoms with Gasteiger partial charge in [-0.1, -0.05) is 44.9 Å². The van der Waals surface area contributed by atoms with Gasteiger partial charge in [-0.2, -0.15) is 0 Å². The number of aromatic hydroxyl groups is 1. The van der Waals surface area contributed by atoms with Gasteiger partial charge in [-0.15, -0.1) is 0 Å². The number of rotatable bonds is 7. The number of hydrogen-bond acceptors (Lipinski definition) is 2. The third-order valence-electron chi connectivity index (χ3n) is 3.21. The molecule has 0 aliphatic carbocycles. The molecule has 1 aromatic carbocycles. The smallest absolute Gasteiger partial charge is 0.223 e. The van der Waals surface area contributed by atoms with Gasteiger partial charge in [0.2, 0.25) is 5.91 Å². The number of para-hydroxylation sites is 1. The molecule has 1 amide bonds. The van der Waals surface area contributed by atoms with Crippen LogP contribution in [0, 0.1) is 5.92 Å². The zero-order valence-corrected chi connectivity index (χ0v) is 11.3. The molecule has 1 aromatic rings. The molecular formula is C15H23NO2. The van der Waals surface area contributed by atoms with Crippen molar-refractivity contribution in [2.45, 2.75) is 46.1 Å². The van der Waals surface area contributed by atoms with Gasteiger partial charge in [0.1, 0.15) is 5.75 Å². The normalized spacial score (nSPS) is 12.1. The monoisotopic (exact) mass is 249 g/mol. The SMILES string of the molecule is CCCCC(CC)C(=O)NCc1ccccc1O. The third kappa shape index (κ3) is 4.40. The maximum Gasteiger partial charge on any atom is 0.223 e. The minimum absolute atomic E-state index is 0.0919. The third-order valence-corrected chi connectivity index (χ3v) is 3.21. The number of benzene rings is 1. The largest absolute Gasteiger partial charge is 0.508 e. The van der Waals surface area contributed by atoms with Crippen molar-refractivity contribution in [3.63, 3.8) is 0 Å². The van der Waals surface area contributed by atoms with Crippen LogP contribution < -0.4 is 5.32 Å². The van der Waals surface area contributed by atoms with Crippen LogP contribution in [0.1, 0.15) is 45.1 Å². The molecule has 100 valence electrons. The van der Waals surface area contributed by atoms with Crippen LogP contribution in [0.3, 0.4) is 0 Å². The Bertz CT molecular complexity index is 377. The number of phenols is 1. The van der Waals surface area contributed by atoms with Crippen LogP contribution in [0.5, 0.6) is 5.75 Å². The number of amides is 1. The van der Waals surface area contributed by atoms with Crippen LogP contribution in [0.15, 0.2) is 24.3 Å². The van der Waals surface area contributed by atoms with E-state index >= 15 is 0 Å². The fourth-order valence-corrected chi connectivity index (χ4v) is 1.96. The lowest BCUT2D eigenvalue weighted by Gasteiger charge is -2.14. The molecule has 0 fully saturated rings. The number of carbonyl (C=O) groups excluding carboxylic acids is 1.